The molecule has 0 saturated heterocycles. The number of ether oxygens (including phenoxy) is 1. The zero-order valence-corrected chi connectivity index (χ0v) is 8.87. The molecule has 0 bridgehead atoms. The van der Waals surface area contributed by atoms with Crippen molar-refractivity contribution >= 4 is 5.97 Å². The summed E-state index contributed by atoms with van der Waals surface area (Å²) in [5.74, 6) is -0.612. The Morgan fingerprint density at radius 1 is 1.50 bits per heavy atom. The second-order valence-electron chi connectivity index (χ2n) is 3.00. The molecule has 0 saturated carbocycles. The molecule has 0 aliphatic carbocycles. The number of carbonyl (C=O) groups excluding carboxylic acids is 1. The van der Waals surface area contributed by atoms with E-state index in [2.05, 4.69) is 4.74 Å². The lowest BCUT2D eigenvalue weighted by Crippen LogP contribution is -2.04. The SMILES string of the molecule is COC(=O)/C(C#N)=C\C(C)=C\N(C)C. The van der Waals surface area contributed by atoms with Crippen LogP contribution in [0.5, 0.6) is 0 Å². The monoisotopic (exact) mass is 194 g/mol. The predicted octanol–water partition coefficient (Wildman–Crippen LogP) is 1.07. The standard InChI is InChI=1S/C10H14N2O2/c1-8(7-12(2)3)5-9(6-11)10(13)14-4/h5,7H,1-4H3/b8-7+,9-5-. The average molecular weight is 194 g/mol. The van der Waals surface area contributed by atoms with Crippen LogP contribution in [0.2, 0.25) is 0 Å². The van der Waals surface area contributed by atoms with Crippen LogP contribution in [-0.2, 0) is 9.53 Å². The molecule has 4 heteroatoms. The number of methoxy groups -OCH3 is 1. The van der Waals surface area contributed by atoms with Gasteiger partial charge in [-0.2, -0.15) is 5.26 Å². The lowest BCUT2D eigenvalue weighted by atomic mass is 10.2. The Morgan fingerprint density at radius 3 is 2.43 bits per heavy atom. The molecule has 4 nitrogen and oxygen atoms in total. The van der Waals surface area contributed by atoms with Gasteiger partial charge in [0.25, 0.3) is 0 Å². The van der Waals surface area contributed by atoms with Gasteiger partial charge in [0, 0.05) is 20.3 Å². The van der Waals surface area contributed by atoms with Gasteiger partial charge in [-0.1, -0.05) is 0 Å². The van der Waals surface area contributed by atoms with Crippen LogP contribution in [0.25, 0.3) is 0 Å². The fourth-order valence-corrected chi connectivity index (χ4v) is 0.919. The normalized spacial score (nSPS) is 11.9. The first-order chi connectivity index (χ1) is 6.51. The number of nitriles is 1. The van der Waals surface area contributed by atoms with E-state index in [9.17, 15) is 4.79 Å². The van der Waals surface area contributed by atoms with Crippen molar-refractivity contribution in [2.45, 2.75) is 6.92 Å². The summed E-state index contributed by atoms with van der Waals surface area (Å²) in [5, 5.41) is 8.65. The van der Waals surface area contributed by atoms with Crippen molar-refractivity contribution in [1.82, 2.24) is 4.90 Å². The van der Waals surface area contributed by atoms with E-state index in [1.807, 2.05) is 19.0 Å². The molecule has 14 heavy (non-hydrogen) atoms. The number of rotatable bonds is 3. The minimum absolute atomic E-state index is 0.00287. The van der Waals surface area contributed by atoms with Gasteiger partial charge in [0.05, 0.1) is 7.11 Å². The van der Waals surface area contributed by atoms with Crippen LogP contribution in [-0.4, -0.2) is 32.1 Å². The number of hydrogen-bond donors (Lipinski definition) is 0. The number of esters is 1. The van der Waals surface area contributed by atoms with Crippen molar-refractivity contribution in [2.24, 2.45) is 0 Å². The molecule has 0 aromatic carbocycles. The van der Waals surface area contributed by atoms with E-state index >= 15 is 0 Å². The highest BCUT2D eigenvalue weighted by Crippen LogP contribution is 2.03. The van der Waals surface area contributed by atoms with Gasteiger partial charge in [0.15, 0.2) is 0 Å². The zero-order valence-electron chi connectivity index (χ0n) is 8.87. The highest BCUT2D eigenvalue weighted by molar-refractivity contribution is 5.93. The molecular formula is C10H14N2O2. The first-order valence-corrected chi connectivity index (χ1v) is 4.06. The van der Waals surface area contributed by atoms with E-state index in [-0.39, 0.29) is 5.57 Å². The van der Waals surface area contributed by atoms with Crippen molar-refractivity contribution in [1.29, 1.82) is 5.26 Å². The largest absolute Gasteiger partial charge is 0.465 e. The van der Waals surface area contributed by atoms with E-state index in [0.29, 0.717) is 0 Å². The predicted molar refractivity (Wildman–Crippen MR) is 53.2 cm³/mol. The van der Waals surface area contributed by atoms with Crippen molar-refractivity contribution in [3.05, 3.63) is 23.4 Å². The maximum absolute atomic E-state index is 11.0. The summed E-state index contributed by atoms with van der Waals surface area (Å²) in [5.41, 5.74) is 0.819. The smallest absolute Gasteiger partial charge is 0.348 e. The van der Waals surface area contributed by atoms with Gasteiger partial charge in [0.2, 0.25) is 0 Å². The van der Waals surface area contributed by atoms with Gasteiger partial charge in [-0.15, -0.1) is 0 Å². The molecular weight excluding hydrogens is 180 g/mol. The summed E-state index contributed by atoms with van der Waals surface area (Å²) in [6.45, 7) is 1.81. The Balaban J connectivity index is 4.79. The van der Waals surface area contributed by atoms with Gasteiger partial charge < -0.3 is 9.64 Å². The topological polar surface area (TPSA) is 53.3 Å². The van der Waals surface area contributed by atoms with Crippen LogP contribution in [0.3, 0.4) is 0 Å². The molecule has 0 radical (unpaired) electrons. The summed E-state index contributed by atoms with van der Waals surface area (Å²) in [7, 11) is 4.97. The van der Waals surface area contributed by atoms with E-state index in [1.54, 1.807) is 19.2 Å². The lowest BCUT2D eigenvalue weighted by molar-refractivity contribution is -0.135. The Labute approximate surface area is 84.1 Å². The highest BCUT2D eigenvalue weighted by atomic mass is 16.5. The first kappa shape index (κ1) is 12.2. The van der Waals surface area contributed by atoms with Crippen LogP contribution in [0.1, 0.15) is 6.92 Å². The molecule has 0 rings (SSSR count). The maximum Gasteiger partial charge on any atom is 0.348 e. The molecule has 0 aromatic rings. The van der Waals surface area contributed by atoms with Crippen LogP contribution < -0.4 is 0 Å². The van der Waals surface area contributed by atoms with E-state index in [4.69, 9.17) is 5.26 Å². The number of hydrogen-bond acceptors (Lipinski definition) is 4. The summed E-state index contributed by atoms with van der Waals surface area (Å²) >= 11 is 0. The molecule has 0 aliphatic rings. The van der Waals surface area contributed by atoms with Gasteiger partial charge in [-0.3, -0.25) is 0 Å². The summed E-state index contributed by atoms with van der Waals surface area (Å²) in [4.78, 5) is 12.8. The van der Waals surface area contributed by atoms with E-state index in [1.165, 1.54) is 13.2 Å². The fourth-order valence-electron chi connectivity index (χ4n) is 0.919. The van der Waals surface area contributed by atoms with Gasteiger partial charge in [0.1, 0.15) is 11.6 Å². The van der Waals surface area contributed by atoms with Crippen molar-refractivity contribution in [3.8, 4) is 6.07 Å². The quantitative estimate of drug-likeness (QED) is 0.292. The summed E-state index contributed by atoms with van der Waals surface area (Å²) < 4.78 is 4.44. The lowest BCUT2D eigenvalue weighted by Gasteiger charge is -2.05. The first-order valence-electron chi connectivity index (χ1n) is 4.06. The Kier molecular flexibility index (Phi) is 5.08. The van der Waals surface area contributed by atoms with Crippen LogP contribution in [0, 0.1) is 11.3 Å². The van der Waals surface area contributed by atoms with Gasteiger partial charge >= 0.3 is 5.97 Å². The zero-order chi connectivity index (χ0) is 11.1. The molecule has 0 atom stereocenters. The average Bonchev–Trinajstić information content (AvgIpc) is 2.11. The molecule has 0 N–H and O–H groups in total. The second kappa shape index (κ2) is 5.81. The molecule has 0 spiro atoms. The Hall–Kier alpha value is -1.76. The molecule has 76 valence electrons. The van der Waals surface area contributed by atoms with Crippen LogP contribution in [0.15, 0.2) is 23.4 Å². The number of allylic oxidation sites excluding steroid dienone is 2. The maximum atomic E-state index is 11.0. The fraction of sp³-hybridized carbons (Fsp3) is 0.400. The van der Waals surface area contributed by atoms with Crippen LogP contribution in [0.4, 0.5) is 0 Å². The highest BCUT2D eigenvalue weighted by Gasteiger charge is 2.07. The molecule has 0 aromatic heterocycles. The molecule has 0 fully saturated rings. The summed E-state index contributed by atoms with van der Waals surface area (Å²) in [6.07, 6.45) is 3.30. The minimum Gasteiger partial charge on any atom is -0.465 e. The van der Waals surface area contributed by atoms with E-state index in [0.717, 1.165) is 5.57 Å². The van der Waals surface area contributed by atoms with E-state index < -0.39 is 5.97 Å². The third kappa shape index (κ3) is 4.31. The van der Waals surface area contributed by atoms with Crippen LogP contribution >= 0.6 is 0 Å². The van der Waals surface area contributed by atoms with Gasteiger partial charge in [-0.05, 0) is 18.6 Å². The molecule has 0 amide bonds. The molecule has 0 unspecified atom stereocenters. The van der Waals surface area contributed by atoms with Gasteiger partial charge in [-0.25, -0.2) is 4.79 Å². The Bertz CT molecular complexity index is 309. The molecule has 0 heterocycles. The number of carbonyl (C=O) groups is 1. The second-order valence-corrected chi connectivity index (χ2v) is 3.00. The molecule has 0 aliphatic heterocycles. The summed E-state index contributed by atoms with van der Waals surface area (Å²) in [6, 6.07) is 1.78. The minimum atomic E-state index is -0.612. The Morgan fingerprint density at radius 2 is 2.07 bits per heavy atom. The van der Waals surface area contributed by atoms with Crippen molar-refractivity contribution in [2.75, 3.05) is 21.2 Å². The number of nitrogens with zero attached hydrogens (tertiary/aromatic N) is 2. The third-order valence-electron chi connectivity index (χ3n) is 1.36. The third-order valence-corrected chi connectivity index (χ3v) is 1.36. The van der Waals surface area contributed by atoms with Crippen molar-refractivity contribution in [3.63, 3.8) is 0 Å². The van der Waals surface area contributed by atoms with Crippen molar-refractivity contribution < 1.29 is 9.53 Å².